The molecule has 0 aliphatic rings. The summed E-state index contributed by atoms with van der Waals surface area (Å²) in [5, 5.41) is 4.92. The van der Waals surface area contributed by atoms with Gasteiger partial charge < -0.3 is 15.0 Å². The predicted molar refractivity (Wildman–Crippen MR) is 75.0 cm³/mol. The summed E-state index contributed by atoms with van der Waals surface area (Å²) in [7, 11) is 1.82. The monoisotopic (exact) mass is 270 g/mol. The zero-order valence-electron chi connectivity index (χ0n) is 11.3. The van der Waals surface area contributed by atoms with Crippen LogP contribution >= 0.6 is 11.3 Å². The second-order valence-electron chi connectivity index (χ2n) is 4.08. The maximum atomic E-state index is 11.9. The Hall–Kier alpha value is -1.07. The SMILES string of the molecule is CCOCCCNC(=O)N(C)C(C)c1cccs1. The lowest BCUT2D eigenvalue weighted by molar-refractivity contribution is 0.143. The molecular weight excluding hydrogens is 248 g/mol. The second kappa shape index (κ2) is 8.11. The Kier molecular flexibility index (Phi) is 6.75. The number of carbonyl (C=O) groups is 1. The van der Waals surface area contributed by atoms with Crippen molar-refractivity contribution in [2.45, 2.75) is 26.3 Å². The highest BCUT2D eigenvalue weighted by Gasteiger charge is 2.17. The molecule has 1 aromatic rings. The molecule has 0 aliphatic carbocycles. The van der Waals surface area contributed by atoms with Crippen LogP contribution in [0.2, 0.25) is 0 Å². The van der Waals surface area contributed by atoms with Gasteiger partial charge in [-0.25, -0.2) is 4.79 Å². The lowest BCUT2D eigenvalue weighted by Gasteiger charge is -2.24. The van der Waals surface area contributed by atoms with Crippen LogP contribution in [0.5, 0.6) is 0 Å². The molecule has 0 fully saturated rings. The minimum atomic E-state index is -0.0348. The largest absolute Gasteiger partial charge is 0.382 e. The lowest BCUT2D eigenvalue weighted by atomic mass is 10.2. The number of hydrogen-bond acceptors (Lipinski definition) is 3. The van der Waals surface area contributed by atoms with Crippen LogP contribution in [-0.4, -0.2) is 37.7 Å². The summed E-state index contributed by atoms with van der Waals surface area (Å²) < 4.78 is 5.22. The number of hydrogen-bond donors (Lipinski definition) is 1. The maximum Gasteiger partial charge on any atom is 0.317 e. The Bertz CT molecular complexity index is 341. The third kappa shape index (κ3) is 4.66. The highest BCUT2D eigenvalue weighted by molar-refractivity contribution is 7.10. The fourth-order valence-electron chi connectivity index (χ4n) is 1.53. The topological polar surface area (TPSA) is 41.6 Å². The fourth-order valence-corrected chi connectivity index (χ4v) is 2.36. The van der Waals surface area contributed by atoms with Crippen molar-refractivity contribution in [1.82, 2.24) is 10.2 Å². The van der Waals surface area contributed by atoms with E-state index in [1.165, 1.54) is 4.88 Å². The van der Waals surface area contributed by atoms with Crippen molar-refractivity contribution in [2.75, 3.05) is 26.8 Å². The number of rotatable bonds is 7. The van der Waals surface area contributed by atoms with Crippen molar-refractivity contribution in [3.63, 3.8) is 0 Å². The normalized spacial score (nSPS) is 12.2. The molecular formula is C13H22N2O2S. The lowest BCUT2D eigenvalue weighted by Crippen LogP contribution is -2.39. The average molecular weight is 270 g/mol. The van der Waals surface area contributed by atoms with Gasteiger partial charge in [-0.3, -0.25) is 0 Å². The highest BCUT2D eigenvalue weighted by atomic mass is 32.1. The number of carbonyl (C=O) groups excluding carboxylic acids is 1. The van der Waals surface area contributed by atoms with Crippen LogP contribution < -0.4 is 5.32 Å². The molecule has 4 nitrogen and oxygen atoms in total. The van der Waals surface area contributed by atoms with Crippen molar-refractivity contribution in [3.8, 4) is 0 Å². The second-order valence-corrected chi connectivity index (χ2v) is 5.06. The summed E-state index contributed by atoms with van der Waals surface area (Å²) in [5.74, 6) is 0. The summed E-state index contributed by atoms with van der Waals surface area (Å²) in [6.45, 7) is 6.07. The van der Waals surface area contributed by atoms with Gasteiger partial charge in [-0.2, -0.15) is 0 Å². The van der Waals surface area contributed by atoms with Crippen molar-refractivity contribution in [3.05, 3.63) is 22.4 Å². The Balaban J connectivity index is 2.28. The minimum absolute atomic E-state index is 0.0348. The van der Waals surface area contributed by atoms with Crippen LogP contribution in [0.1, 0.15) is 31.2 Å². The molecule has 102 valence electrons. The van der Waals surface area contributed by atoms with E-state index in [9.17, 15) is 4.79 Å². The minimum Gasteiger partial charge on any atom is -0.382 e. The number of ether oxygens (including phenoxy) is 1. The number of nitrogens with zero attached hydrogens (tertiary/aromatic N) is 1. The van der Waals surface area contributed by atoms with Crippen molar-refractivity contribution in [2.24, 2.45) is 0 Å². The van der Waals surface area contributed by atoms with Gasteiger partial charge >= 0.3 is 6.03 Å². The van der Waals surface area contributed by atoms with Gasteiger partial charge in [0.05, 0.1) is 6.04 Å². The molecule has 1 heterocycles. The molecule has 18 heavy (non-hydrogen) atoms. The van der Waals surface area contributed by atoms with E-state index in [-0.39, 0.29) is 12.1 Å². The molecule has 1 aromatic heterocycles. The Morgan fingerprint density at radius 1 is 1.61 bits per heavy atom. The molecule has 1 N–H and O–H groups in total. The van der Waals surface area contributed by atoms with Gasteiger partial charge in [-0.15, -0.1) is 11.3 Å². The molecule has 2 amide bonds. The van der Waals surface area contributed by atoms with Crippen LogP contribution in [0.4, 0.5) is 4.79 Å². The van der Waals surface area contributed by atoms with E-state index in [2.05, 4.69) is 5.32 Å². The first-order valence-corrected chi connectivity index (χ1v) is 7.16. The Labute approximate surface area is 113 Å². The first-order chi connectivity index (χ1) is 8.66. The van der Waals surface area contributed by atoms with Crippen LogP contribution in [0.15, 0.2) is 17.5 Å². The molecule has 0 aromatic carbocycles. The molecule has 0 saturated heterocycles. The zero-order chi connectivity index (χ0) is 13.4. The third-order valence-corrected chi connectivity index (χ3v) is 3.84. The third-order valence-electron chi connectivity index (χ3n) is 2.80. The van der Waals surface area contributed by atoms with E-state index < -0.39 is 0 Å². The molecule has 1 unspecified atom stereocenters. The van der Waals surface area contributed by atoms with Crippen LogP contribution in [0, 0.1) is 0 Å². The van der Waals surface area contributed by atoms with E-state index in [0.717, 1.165) is 13.0 Å². The van der Waals surface area contributed by atoms with E-state index >= 15 is 0 Å². The molecule has 0 bridgehead atoms. The van der Waals surface area contributed by atoms with Gasteiger partial charge in [0.2, 0.25) is 0 Å². The van der Waals surface area contributed by atoms with E-state index in [4.69, 9.17) is 4.74 Å². The first kappa shape index (κ1) is 15.0. The van der Waals surface area contributed by atoms with Crippen LogP contribution in [0.3, 0.4) is 0 Å². The van der Waals surface area contributed by atoms with Gasteiger partial charge in [0.1, 0.15) is 0 Å². The number of thiophene rings is 1. The fraction of sp³-hybridized carbons (Fsp3) is 0.615. The van der Waals surface area contributed by atoms with Gasteiger partial charge in [-0.05, 0) is 31.7 Å². The molecule has 1 atom stereocenters. The molecule has 0 aliphatic heterocycles. The highest BCUT2D eigenvalue weighted by Crippen LogP contribution is 2.23. The van der Waals surface area contributed by atoms with Gasteiger partial charge in [-0.1, -0.05) is 6.07 Å². The molecule has 0 radical (unpaired) electrons. The predicted octanol–water partition coefficient (Wildman–Crippen LogP) is 2.88. The molecule has 5 heteroatoms. The summed E-state index contributed by atoms with van der Waals surface area (Å²) in [4.78, 5) is 14.8. The Morgan fingerprint density at radius 2 is 2.39 bits per heavy atom. The first-order valence-electron chi connectivity index (χ1n) is 6.28. The summed E-state index contributed by atoms with van der Waals surface area (Å²) >= 11 is 1.67. The molecule has 0 spiro atoms. The Morgan fingerprint density at radius 3 is 3.00 bits per heavy atom. The smallest absolute Gasteiger partial charge is 0.317 e. The van der Waals surface area contributed by atoms with Crippen LogP contribution in [0.25, 0.3) is 0 Å². The van der Waals surface area contributed by atoms with Crippen molar-refractivity contribution < 1.29 is 9.53 Å². The van der Waals surface area contributed by atoms with Gasteiger partial charge in [0.15, 0.2) is 0 Å². The number of amides is 2. The van der Waals surface area contributed by atoms with E-state index in [1.54, 1.807) is 16.2 Å². The summed E-state index contributed by atoms with van der Waals surface area (Å²) in [6, 6.07) is 4.13. The van der Waals surface area contributed by atoms with Crippen molar-refractivity contribution in [1.29, 1.82) is 0 Å². The quantitative estimate of drug-likeness (QED) is 0.774. The van der Waals surface area contributed by atoms with Gasteiger partial charge in [0.25, 0.3) is 0 Å². The maximum absolute atomic E-state index is 11.9. The van der Waals surface area contributed by atoms with Crippen molar-refractivity contribution >= 4 is 17.4 Å². The van der Waals surface area contributed by atoms with Gasteiger partial charge in [0, 0.05) is 31.7 Å². The number of nitrogens with one attached hydrogen (secondary N) is 1. The average Bonchev–Trinajstić information content (AvgIpc) is 2.90. The molecule has 1 rings (SSSR count). The van der Waals surface area contributed by atoms with Crippen LogP contribution in [-0.2, 0) is 4.74 Å². The number of urea groups is 1. The summed E-state index contributed by atoms with van der Waals surface area (Å²) in [6.07, 6.45) is 0.848. The standard InChI is InChI=1S/C13H22N2O2S/c1-4-17-9-6-8-14-13(16)15(3)11(2)12-7-5-10-18-12/h5,7,10-11H,4,6,8-9H2,1-3H3,(H,14,16). The zero-order valence-corrected chi connectivity index (χ0v) is 12.1. The summed E-state index contributed by atoms with van der Waals surface area (Å²) in [5.41, 5.74) is 0. The van der Waals surface area contributed by atoms with E-state index in [0.29, 0.717) is 13.2 Å². The van der Waals surface area contributed by atoms with E-state index in [1.807, 2.05) is 38.4 Å². The molecule has 0 saturated carbocycles.